The van der Waals surface area contributed by atoms with Crippen LogP contribution in [0.5, 0.6) is 0 Å². The van der Waals surface area contributed by atoms with Gasteiger partial charge in [0.05, 0.1) is 6.10 Å². The summed E-state index contributed by atoms with van der Waals surface area (Å²) in [6.45, 7) is 0.420. The maximum absolute atomic E-state index is 10.1. The van der Waals surface area contributed by atoms with E-state index in [1.165, 1.54) is 167 Å². The van der Waals surface area contributed by atoms with Gasteiger partial charge in [-0.25, -0.2) is 0 Å². The van der Waals surface area contributed by atoms with Crippen molar-refractivity contribution in [2.45, 2.75) is 222 Å². The second-order valence-electron chi connectivity index (χ2n) is 19.2. The van der Waals surface area contributed by atoms with Crippen LogP contribution in [0.15, 0.2) is 0 Å². The molecule has 0 aromatic rings. The first-order chi connectivity index (χ1) is 23.7. The first kappa shape index (κ1) is 34.9. The van der Waals surface area contributed by atoms with Gasteiger partial charge in [-0.3, -0.25) is 9.80 Å². The number of fused-ring (bicyclic) bond motifs is 3. The minimum atomic E-state index is 0.420. The molecule has 0 radical (unpaired) electrons. The molecule has 8 saturated carbocycles. The molecule has 8 fully saturated rings. The number of aliphatic hydroxyl groups excluding tert-OH is 1. The summed E-state index contributed by atoms with van der Waals surface area (Å²) in [5.74, 6) is 6.29. The third-order valence-corrected chi connectivity index (χ3v) is 17.0. The number of hydrogen-bond acceptors (Lipinski definition) is 4. The molecule has 0 bridgehead atoms. The van der Waals surface area contributed by atoms with Crippen molar-refractivity contribution >= 4 is 0 Å². The Morgan fingerprint density at radius 1 is 0.438 bits per heavy atom. The van der Waals surface area contributed by atoms with E-state index in [0.717, 1.165) is 71.8 Å². The van der Waals surface area contributed by atoms with E-state index >= 15 is 0 Å². The van der Waals surface area contributed by atoms with Crippen LogP contribution in [0, 0.1) is 41.4 Å². The van der Waals surface area contributed by atoms with Crippen LogP contribution in [0.2, 0.25) is 0 Å². The maximum atomic E-state index is 10.1. The van der Waals surface area contributed by atoms with E-state index in [-0.39, 0.29) is 0 Å². The number of methoxy groups -OCH3 is 1. The highest BCUT2D eigenvalue weighted by molar-refractivity contribution is 5.11. The molecule has 0 saturated heterocycles. The Bertz CT molecular complexity index is 898. The van der Waals surface area contributed by atoms with Crippen molar-refractivity contribution in [1.82, 2.24) is 9.80 Å². The first-order valence-corrected chi connectivity index (χ1v) is 22.4. The van der Waals surface area contributed by atoms with Gasteiger partial charge in [0, 0.05) is 50.0 Å². The smallest absolute Gasteiger partial charge is 0.0572 e. The second-order valence-corrected chi connectivity index (χ2v) is 19.2. The van der Waals surface area contributed by atoms with Crippen molar-refractivity contribution in [3.8, 4) is 0 Å². The Hall–Kier alpha value is -0.160. The summed E-state index contributed by atoms with van der Waals surface area (Å²) in [6, 6.07) is 4.96. The molecule has 48 heavy (non-hydrogen) atoms. The van der Waals surface area contributed by atoms with E-state index in [1.807, 2.05) is 7.11 Å². The molecule has 1 N–H and O–H groups in total. The molecular weight excluding hydrogens is 588 g/mol. The Balaban J connectivity index is 1.18. The van der Waals surface area contributed by atoms with Crippen molar-refractivity contribution in [3.63, 3.8) is 0 Å². The van der Waals surface area contributed by atoms with Crippen molar-refractivity contribution in [3.05, 3.63) is 0 Å². The lowest BCUT2D eigenvalue weighted by molar-refractivity contribution is -0.155. The van der Waals surface area contributed by atoms with Gasteiger partial charge in [-0.05, 0) is 144 Å². The molecule has 0 heterocycles. The topological polar surface area (TPSA) is 35.9 Å². The van der Waals surface area contributed by atoms with Crippen molar-refractivity contribution in [2.24, 2.45) is 41.4 Å². The zero-order valence-electron chi connectivity index (χ0n) is 31.3. The minimum Gasteiger partial charge on any atom is -0.396 e. The largest absolute Gasteiger partial charge is 0.396 e. The van der Waals surface area contributed by atoms with Crippen molar-refractivity contribution in [1.29, 1.82) is 0 Å². The van der Waals surface area contributed by atoms with Gasteiger partial charge in [-0.2, -0.15) is 0 Å². The number of hydrogen-bond donors (Lipinski definition) is 1. The second kappa shape index (κ2) is 16.2. The summed E-state index contributed by atoms with van der Waals surface area (Å²) < 4.78 is 5.97. The van der Waals surface area contributed by atoms with E-state index in [0.29, 0.717) is 18.6 Å². The van der Waals surface area contributed by atoms with Crippen molar-refractivity contribution in [2.75, 3.05) is 13.7 Å². The molecule has 8 unspecified atom stereocenters. The summed E-state index contributed by atoms with van der Waals surface area (Å²) in [5.41, 5.74) is 0. The summed E-state index contributed by atoms with van der Waals surface area (Å²) in [5, 5.41) is 10.1. The van der Waals surface area contributed by atoms with Crippen LogP contribution >= 0.6 is 0 Å². The van der Waals surface area contributed by atoms with Crippen LogP contribution in [-0.4, -0.2) is 71.0 Å². The van der Waals surface area contributed by atoms with Gasteiger partial charge in [0.2, 0.25) is 0 Å². The Kier molecular flexibility index (Phi) is 11.8. The van der Waals surface area contributed by atoms with Gasteiger partial charge in [-0.1, -0.05) is 77.0 Å². The maximum Gasteiger partial charge on any atom is 0.0572 e. The molecule has 8 atom stereocenters. The first-order valence-electron chi connectivity index (χ1n) is 22.4. The Morgan fingerprint density at radius 3 is 1.27 bits per heavy atom. The summed E-state index contributed by atoms with van der Waals surface area (Å²) in [7, 11) is 1.97. The van der Waals surface area contributed by atoms with Gasteiger partial charge < -0.3 is 9.84 Å². The zero-order valence-corrected chi connectivity index (χ0v) is 31.3. The zero-order chi connectivity index (χ0) is 32.5. The van der Waals surface area contributed by atoms with E-state index in [2.05, 4.69) is 9.80 Å². The lowest BCUT2D eigenvalue weighted by Crippen LogP contribution is -2.68. The fraction of sp³-hybridized carbons (Fsp3) is 1.00. The SMILES string of the molecule is COC1CCC(N(C2CCCCC2)C2C3CCCCC3CC3C2CC2CCCCC2C3N(C2CCCCC2)C2CCC(CO)CC2)CC1. The highest BCUT2D eigenvalue weighted by Crippen LogP contribution is 2.59. The van der Waals surface area contributed by atoms with Crippen molar-refractivity contribution < 1.29 is 9.84 Å². The van der Waals surface area contributed by atoms with Crippen LogP contribution in [0.1, 0.15) is 180 Å². The highest BCUT2D eigenvalue weighted by atomic mass is 16.5. The Morgan fingerprint density at radius 2 is 0.833 bits per heavy atom. The lowest BCUT2D eigenvalue weighted by atomic mass is 9.50. The number of ether oxygens (including phenoxy) is 1. The van der Waals surface area contributed by atoms with Gasteiger partial charge in [-0.15, -0.1) is 0 Å². The normalized spacial score (nSPS) is 45.0. The third-order valence-electron chi connectivity index (χ3n) is 17.0. The summed E-state index contributed by atoms with van der Waals surface area (Å²) >= 11 is 0. The average molecular weight is 665 g/mol. The molecule has 0 aliphatic heterocycles. The van der Waals surface area contributed by atoms with Crippen LogP contribution in [-0.2, 0) is 4.74 Å². The molecule has 8 aliphatic carbocycles. The summed E-state index contributed by atoms with van der Waals surface area (Å²) in [6.07, 6.45) is 41.1. The fourth-order valence-corrected chi connectivity index (χ4v) is 14.8. The molecule has 4 nitrogen and oxygen atoms in total. The van der Waals surface area contributed by atoms with Crippen LogP contribution in [0.3, 0.4) is 0 Å². The third kappa shape index (κ3) is 7.11. The lowest BCUT2D eigenvalue weighted by Gasteiger charge is -2.65. The monoisotopic (exact) mass is 665 g/mol. The fourth-order valence-electron chi connectivity index (χ4n) is 14.8. The van der Waals surface area contributed by atoms with E-state index < -0.39 is 0 Å². The average Bonchev–Trinajstić information content (AvgIpc) is 3.16. The quantitative estimate of drug-likeness (QED) is 0.280. The number of rotatable bonds is 8. The molecule has 4 heteroatoms. The molecule has 0 aromatic carbocycles. The molecule has 0 aromatic heterocycles. The van der Waals surface area contributed by atoms with E-state index in [4.69, 9.17) is 4.74 Å². The molecule has 0 spiro atoms. The molecular formula is C44H76N2O2. The number of aliphatic hydroxyl groups is 1. The van der Waals surface area contributed by atoms with Gasteiger partial charge in [0.25, 0.3) is 0 Å². The predicted molar refractivity (Wildman–Crippen MR) is 198 cm³/mol. The summed E-state index contributed by atoms with van der Waals surface area (Å²) in [4.78, 5) is 6.80. The van der Waals surface area contributed by atoms with Gasteiger partial charge in [0.1, 0.15) is 0 Å². The predicted octanol–water partition coefficient (Wildman–Crippen LogP) is 10.2. The van der Waals surface area contributed by atoms with Crippen LogP contribution in [0.4, 0.5) is 0 Å². The number of nitrogens with zero attached hydrogens (tertiary/aromatic N) is 2. The van der Waals surface area contributed by atoms with E-state index in [9.17, 15) is 5.11 Å². The van der Waals surface area contributed by atoms with Gasteiger partial charge in [0.15, 0.2) is 0 Å². The molecule has 8 aliphatic rings. The van der Waals surface area contributed by atoms with Crippen LogP contribution in [0.25, 0.3) is 0 Å². The molecule has 0 amide bonds. The standard InChI is InChI=1S/C44H76N2O2/c1-48-38-26-24-37(25-27-38)46(35-16-6-3-7-17-35)44-40-19-11-9-13-33(40)28-41-42(44)29-32-12-8-10-18-39(32)43(41)45(34-14-4-2-5-15-34)36-22-20-31(30-47)21-23-36/h31-44,47H,2-30H2,1H3. The Labute approximate surface area is 296 Å². The van der Waals surface area contributed by atoms with E-state index in [1.54, 1.807) is 12.8 Å². The van der Waals surface area contributed by atoms with Gasteiger partial charge >= 0.3 is 0 Å². The van der Waals surface area contributed by atoms with Crippen LogP contribution < -0.4 is 0 Å². The molecule has 8 rings (SSSR count). The molecule has 274 valence electrons. The highest BCUT2D eigenvalue weighted by Gasteiger charge is 2.58. The minimum absolute atomic E-state index is 0.420.